The summed E-state index contributed by atoms with van der Waals surface area (Å²) in [5, 5.41) is 24.1. The Bertz CT molecular complexity index is 1050. The standard InChI is InChI=1S/C21H24N6O3/c1-12(28)19(13-5-3-2-4-6-13)24-21(29)23-18-8-17-16(9-22-18)20(26-25-17)27-10-15-7-14(27)11-30-15/h2-6,8-9,12,14-15,19,28H,7,10-11H2,1H3,(H,25,26)(H2,22,23,24,29). The zero-order valence-electron chi connectivity index (χ0n) is 16.6. The number of benzene rings is 1. The molecule has 4 unspecified atom stereocenters. The second kappa shape index (κ2) is 7.58. The molecule has 0 spiro atoms. The number of rotatable bonds is 5. The molecule has 2 aromatic heterocycles. The van der Waals surface area contributed by atoms with Crippen LogP contribution in [0.1, 0.15) is 24.9 Å². The predicted octanol–water partition coefficient (Wildman–Crippen LogP) is 2.18. The molecule has 0 saturated carbocycles. The van der Waals surface area contributed by atoms with Crippen LogP contribution in [-0.4, -0.2) is 57.7 Å². The number of amides is 2. The first-order chi connectivity index (χ1) is 14.6. The lowest BCUT2D eigenvalue weighted by Gasteiger charge is -2.26. The Kier molecular flexibility index (Phi) is 4.76. The summed E-state index contributed by atoms with van der Waals surface area (Å²) < 4.78 is 5.67. The summed E-state index contributed by atoms with van der Waals surface area (Å²) in [5.41, 5.74) is 1.63. The molecule has 2 amide bonds. The van der Waals surface area contributed by atoms with Gasteiger partial charge in [-0.1, -0.05) is 30.3 Å². The number of carbonyl (C=O) groups excluding carboxylic acids is 1. The molecule has 3 aromatic rings. The molecule has 4 atom stereocenters. The second-order valence-corrected chi connectivity index (χ2v) is 7.89. The molecule has 2 bridgehead atoms. The zero-order valence-corrected chi connectivity index (χ0v) is 16.6. The largest absolute Gasteiger partial charge is 0.391 e. The van der Waals surface area contributed by atoms with E-state index < -0.39 is 18.2 Å². The van der Waals surface area contributed by atoms with Gasteiger partial charge in [0.1, 0.15) is 5.82 Å². The number of nitrogens with one attached hydrogen (secondary N) is 3. The lowest BCUT2D eigenvalue weighted by Crippen LogP contribution is -2.38. The molecule has 2 fully saturated rings. The number of nitrogens with zero attached hydrogens (tertiary/aromatic N) is 3. The number of aliphatic hydroxyl groups excluding tert-OH is 1. The second-order valence-electron chi connectivity index (χ2n) is 7.89. The third-order valence-corrected chi connectivity index (χ3v) is 5.77. The first-order valence-corrected chi connectivity index (χ1v) is 10.1. The third kappa shape index (κ3) is 3.46. The van der Waals surface area contributed by atoms with Crippen LogP contribution >= 0.6 is 0 Å². The van der Waals surface area contributed by atoms with Crippen LogP contribution in [0, 0.1) is 0 Å². The summed E-state index contributed by atoms with van der Waals surface area (Å²) in [6.45, 7) is 3.22. The summed E-state index contributed by atoms with van der Waals surface area (Å²) >= 11 is 0. The number of fused-ring (bicyclic) bond motifs is 3. The Morgan fingerprint density at radius 1 is 1.37 bits per heavy atom. The van der Waals surface area contributed by atoms with Crippen molar-refractivity contribution in [3.63, 3.8) is 0 Å². The molecular formula is C21H24N6O3. The van der Waals surface area contributed by atoms with E-state index in [1.54, 1.807) is 19.2 Å². The van der Waals surface area contributed by atoms with Crippen LogP contribution in [0.15, 0.2) is 42.6 Å². The van der Waals surface area contributed by atoms with Gasteiger partial charge >= 0.3 is 6.03 Å². The van der Waals surface area contributed by atoms with Crippen molar-refractivity contribution in [3.05, 3.63) is 48.2 Å². The number of hydrogen-bond donors (Lipinski definition) is 4. The van der Waals surface area contributed by atoms with Gasteiger partial charge in [0.15, 0.2) is 5.82 Å². The number of aromatic nitrogens is 3. The lowest BCUT2D eigenvalue weighted by atomic mass is 10.0. The smallest absolute Gasteiger partial charge is 0.320 e. The van der Waals surface area contributed by atoms with Crippen LogP contribution in [0.4, 0.5) is 16.4 Å². The van der Waals surface area contributed by atoms with Gasteiger partial charge in [-0.3, -0.25) is 10.4 Å². The van der Waals surface area contributed by atoms with Crippen molar-refractivity contribution in [3.8, 4) is 0 Å². The van der Waals surface area contributed by atoms with Gasteiger partial charge in [-0.25, -0.2) is 9.78 Å². The van der Waals surface area contributed by atoms with Gasteiger partial charge in [-0.2, -0.15) is 5.10 Å². The van der Waals surface area contributed by atoms with Crippen LogP contribution in [0.2, 0.25) is 0 Å². The summed E-state index contributed by atoms with van der Waals surface area (Å²) in [7, 11) is 0. The molecule has 0 aliphatic carbocycles. The van der Waals surface area contributed by atoms with Crippen molar-refractivity contribution in [1.29, 1.82) is 0 Å². The van der Waals surface area contributed by atoms with E-state index in [4.69, 9.17) is 4.74 Å². The number of anilines is 2. The van der Waals surface area contributed by atoms with Crippen molar-refractivity contribution >= 4 is 28.6 Å². The zero-order chi connectivity index (χ0) is 20.7. The van der Waals surface area contributed by atoms with E-state index in [9.17, 15) is 9.90 Å². The first-order valence-electron chi connectivity index (χ1n) is 10.1. The van der Waals surface area contributed by atoms with E-state index >= 15 is 0 Å². The lowest BCUT2D eigenvalue weighted by molar-refractivity contribution is 0.0989. The van der Waals surface area contributed by atoms with Crippen molar-refractivity contribution < 1.29 is 14.6 Å². The van der Waals surface area contributed by atoms with Gasteiger partial charge in [-0.05, 0) is 18.9 Å². The van der Waals surface area contributed by atoms with Crippen LogP contribution in [0.25, 0.3) is 10.9 Å². The highest BCUT2D eigenvalue weighted by Crippen LogP contribution is 2.35. The maximum absolute atomic E-state index is 12.5. The summed E-state index contributed by atoms with van der Waals surface area (Å²) in [6.07, 6.45) is 2.29. The Hall–Kier alpha value is -3.17. The highest BCUT2D eigenvalue weighted by Gasteiger charge is 2.40. The van der Waals surface area contributed by atoms with E-state index in [1.165, 1.54) is 0 Å². The molecule has 5 rings (SSSR count). The Labute approximate surface area is 173 Å². The van der Waals surface area contributed by atoms with Crippen molar-refractivity contribution in [2.45, 2.75) is 37.6 Å². The summed E-state index contributed by atoms with van der Waals surface area (Å²) in [5.74, 6) is 1.28. The third-order valence-electron chi connectivity index (χ3n) is 5.77. The number of morpholine rings is 1. The van der Waals surface area contributed by atoms with Gasteiger partial charge in [0, 0.05) is 18.8 Å². The van der Waals surface area contributed by atoms with Crippen LogP contribution in [0.3, 0.4) is 0 Å². The molecule has 9 heteroatoms. The van der Waals surface area contributed by atoms with E-state index in [0.29, 0.717) is 11.9 Å². The van der Waals surface area contributed by atoms with E-state index in [1.807, 2.05) is 30.3 Å². The van der Waals surface area contributed by atoms with Crippen LogP contribution < -0.4 is 15.5 Å². The SMILES string of the molecule is CC(O)C(NC(=O)Nc1cc2[nH]nc(N3CC4CC3CO4)c2cn1)c1ccccc1. The van der Waals surface area contributed by atoms with Crippen LogP contribution in [0.5, 0.6) is 0 Å². The average Bonchev–Trinajstić information content (AvgIpc) is 3.47. The topological polar surface area (TPSA) is 115 Å². The molecular weight excluding hydrogens is 384 g/mol. The van der Waals surface area contributed by atoms with Crippen LogP contribution in [-0.2, 0) is 4.74 Å². The van der Waals surface area contributed by atoms with Crippen molar-refractivity contribution in [2.24, 2.45) is 0 Å². The van der Waals surface area contributed by atoms with E-state index in [-0.39, 0.29) is 6.10 Å². The number of pyridine rings is 1. The molecule has 9 nitrogen and oxygen atoms in total. The molecule has 2 aliphatic rings. The van der Waals surface area contributed by atoms with Gasteiger partial charge in [0.05, 0.1) is 41.8 Å². The molecule has 156 valence electrons. The molecule has 1 aromatic carbocycles. The molecule has 4 N–H and O–H groups in total. The molecule has 30 heavy (non-hydrogen) atoms. The molecule has 0 radical (unpaired) electrons. The van der Waals surface area contributed by atoms with Crippen molar-refractivity contribution in [2.75, 3.05) is 23.4 Å². The maximum atomic E-state index is 12.5. The fourth-order valence-electron chi connectivity index (χ4n) is 4.28. The highest BCUT2D eigenvalue weighted by molar-refractivity contribution is 5.94. The van der Waals surface area contributed by atoms with E-state index in [2.05, 4.69) is 30.7 Å². The number of aliphatic hydroxyl groups is 1. The fraction of sp³-hybridized carbons (Fsp3) is 0.381. The Morgan fingerprint density at radius 2 is 2.20 bits per heavy atom. The van der Waals surface area contributed by atoms with Crippen molar-refractivity contribution in [1.82, 2.24) is 20.5 Å². The minimum atomic E-state index is -0.747. The monoisotopic (exact) mass is 408 g/mol. The minimum Gasteiger partial charge on any atom is -0.391 e. The fourth-order valence-corrected chi connectivity index (χ4v) is 4.28. The molecule has 2 saturated heterocycles. The number of carbonyl (C=O) groups is 1. The first kappa shape index (κ1) is 18.8. The maximum Gasteiger partial charge on any atom is 0.320 e. The number of H-pyrrole nitrogens is 1. The Morgan fingerprint density at radius 3 is 2.90 bits per heavy atom. The quantitative estimate of drug-likeness (QED) is 0.514. The Balaban J connectivity index is 1.30. The highest BCUT2D eigenvalue weighted by atomic mass is 16.5. The predicted molar refractivity (Wildman–Crippen MR) is 112 cm³/mol. The van der Waals surface area contributed by atoms with Gasteiger partial charge in [-0.15, -0.1) is 0 Å². The normalized spacial score (nSPS) is 22.3. The van der Waals surface area contributed by atoms with Gasteiger partial charge in [0.2, 0.25) is 0 Å². The number of ether oxygens (including phenoxy) is 1. The minimum absolute atomic E-state index is 0.283. The van der Waals surface area contributed by atoms with Gasteiger partial charge in [0.25, 0.3) is 0 Å². The molecule has 2 aliphatic heterocycles. The number of aromatic amines is 1. The summed E-state index contributed by atoms with van der Waals surface area (Å²) in [6, 6.07) is 10.5. The molecule has 4 heterocycles. The number of hydrogen-bond acceptors (Lipinski definition) is 6. The summed E-state index contributed by atoms with van der Waals surface area (Å²) in [4.78, 5) is 19.2. The van der Waals surface area contributed by atoms with Gasteiger partial charge < -0.3 is 20.1 Å². The van der Waals surface area contributed by atoms with E-state index in [0.717, 1.165) is 41.9 Å². The average molecular weight is 408 g/mol. The number of urea groups is 1.